The van der Waals surface area contributed by atoms with Gasteiger partial charge < -0.3 is 29.7 Å². The summed E-state index contributed by atoms with van der Waals surface area (Å²) in [5.74, 6) is -0.711. The van der Waals surface area contributed by atoms with Gasteiger partial charge in [-0.2, -0.15) is 0 Å². The third kappa shape index (κ3) is 11.1. The van der Waals surface area contributed by atoms with Gasteiger partial charge in [0.05, 0.1) is 12.6 Å². The average molecular weight is 742 g/mol. The fourth-order valence-electron chi connectivity index (χ4n) is 7.23. The van der Waals surface area contributed by atoms with Gasteiger partial charge in [0.2, 0.25) is 11.8 Å². The molecule has 6 amide bonds. The number of imide groups is 2. The van der Waals surface area contributed by atoms with Gasteiger partial charge in [-0.05, 0) is 131 Å². The number of ether oxygens (including phenoxy) is 3. The molecule has 1 saturated carbocycles. The van der Waals surface area contributed by atoms with Crippen molar-refractivity contribution in [2.75, 3.05) is 25.0 Å². The van der Waals surface area contributed by atoms with Gasteiger partial charge in [-0.25, -0.2) is 19.3 Å². The smallest absolute Gasteiger partial charge is 0.420 e. The number of fused-ring (bicyclic) bond motifs is 1. The fourth-order valence-corrected chi connectivity index (χ4v) is 7.23. The standard InChI is InChI=1S/C39H59N5O9/c1-37(2,3)44(36(50)53-39(7,8)9)35(49)51-22-11-10-21-40-27-14-12-13-26-30(27)31(43(33(26)47)28-19-20-29(45)42-32(28)46)25-17-15-24(16-18-25)23-41-34(48)52-38(4,5)6/h12-14,24-25,28,31,40H,10-11,15-23H2,1-9H3,(H,41,48)(H,42,45,46)/t24?,25?,28-,31-/m0/s1. The van der Waals surface area contributed by atoms with Crippen LogP contribution >= 0.6 is 0 Å². The molecule has 294 valence electrons. The van der Waals surface area contributed by atoms with Gasteiger partial charge in [0, 0.05) is 41.9 Å². The lowest BCUT2D eigenvalue weighted by atomic mass is 9.76. The van der Waals surface area contributed by atoms with Crippen LogP contribution in [0.15, 0.2) is 18.2 Å². The molecular formula is C39H59N5O9. The molecule has 53 heavy (non-hydrogen) atoms. The van der Waals surface area contributed by atoms with Crippen LogP contribution in [0.25, 0.3) is 0 Å². The number of anilines is 1. The lowest BCUT2D eigenvalue weighted by Gasteiger charge is -2.41. The van der Waals surface area contributed by atoms with Crippen LogP contribution in [0.5, 0.6) is 0 Å². The molecular weight excluding hydrogens is 682 g/mol. The summed E-state index contributed by atoms with van der Waals surface area (Å²) in [5.41, 5.74) is -0.0172. The predicted octanol–water partition coefficient (Wildman–Crippen LogP) is 6.68. The topological polar surface area (TPSA) is 173 Å². The third-order valence-corrected chi connectivity index (χ3v) is 9.53. The number of carbonyl (C=O) groups is 6. The molecule has 4 rings (SSSR count). The molecule has 1 aliphatic carbocycles. The summed E-state index contributed by atoms with van der Waals surface area (Å²) in [6, 6.07) is 4.42. The van der Waals surface area contributed by atoms with E-state index >= 15 is 0 Å². The van der Waals surface area contributed by atoms with Crippen molar-refractivity contribution in [1.29, 1.82) is 0 Å². The van der Waals surface area contributed by atoms with E-state index in [9.17, 15) is 28.8 Å². The normalized spacial score (nSPS) is 22.1. The molecule has 1 aromatic carbocycles. The summed E-state index contributed by atoms with van der Waals surface area (Å²) in [4.78, 5) is 80.0. The molecule has 0 radical (unpaired) electrons. The van der Waals surface area contributed by atoms with Crippen LogP contribution in [0.4, 0.5) is 20.1 Å². The quantitative estimate of drug-likeness (QED) is 0.133. The van der Waals surface area contributed by atoms with Crippen molar-refractivity contribution < 1.29 is 43.0 Å². The van der Waals surface area contributed by atoms with Crippen LogP contribution in [0.2, 0.25) is 0 Å². The first-order valence-electron chi connectivity index (χ1n) is 18.9. The van der Waals surface area contributed by atoms with Crippen LogP contribution < -0.4 is 16.0 Å². The minimum atomic E-state index is -0.847. The van der Waals surface area contributed by atoms with Gasteiger partial charge in [0.15, 0.2) is 0 Å². The number of hydrogen-bond acceptors (Lipinski definition) is 10. The van der Waals surface area contributed by atoms with Gasteiger partial charge in [0.25, 0.3) is 5.91 Å². The molecule has 3 aliphatic rings. The maximum Gasteiger partial charge on any atom is 0.420 e. The van der Waals surface area contributed by atoms with Crippen LogP contribution in [-0.2, 0) is 23.8 Å². The van der Waals surface area contributed by atoms with E-state index in [1.807, 2.05) is 32.9 Å². The molecule has 2 heterocycles. The van der Waals surface area contributed by atoms with Crippen LogP contribution in [-0.4, -0.2) is 88.3 Å². The minimum absolute atomic E-state index is 0.0569. The first-order chi connectivity index (χ1) is 24.7. The zero-order valence-corrected chi connectivity index (χ0v) is 32.9. The Labute approximate surface area is 313 Å². The van der Waals surface area contributed by atoms with Crippen molar-refractivity contribution in [1.82, 2.24) is 20.4 Å². The van der Waals surface area contributed by atoms with E-state index in [1.165, 1.54) is 0 Å². The number of amides is 6. The number of carbonyl (C=O) groups excluding carboxylic acids is 6. The molecule has 0 spiro atoms. The first kappa shape index (κ1) is 41.4. The maximum absolute atomic E-state index is 14.1. The molecule has 1 aromatic rings. The maximum atomic E-state index is 14.1. The van der Waals surface area contributed by atoms with E-state index in [0.717, 1.165) is 41.8 Å². The minimum Gasteiger partial charge on any atom is -0.449 e. The molecule has 0 bridgehead atoms. The summed E-state index contributed by atoms with van der Waals surface area (Å²) >= 11 is 0. The van der Waals surface area contributed by atoms with Crippen LogP contribution in [0.3, 0.4) is 0 Å². The number of piperidine rings is 1. The predicted molar refractivity (Wildman–Crippen MR) is 198 cm³/mol. The Morgan fingerprint density at radius 1 is 0.868 bits per heavy atom. The highest BCUT2D eigenvalue weighted by molar-refractivity contribution is 6.06. The van der Waals surface area contributed by atoms with Crippen molar-refractivity contribution in [3.05, 3.63) is 29.3 Å². The molecule has 14 heteroatoms. The highest BCUT2D eigenvalue weighted by atomic mass is 16.6. The van der Waals surface area contributed by atoms with E-state index in [-0.39, 0.29) is 49.1 Å². The summed E-state index contributed by atoms with van der Waals surface area (Å²) in [7, 11) is 0. The Bertz CT molecular complexity index is 1530. The zero-order chi connectivity index (χ0) is 39.3. The summed E-state index contributed by atoms with van der Waals surface area (Å²) < 4.78 is 16.3. The van der Waals surface area contributed by atoms with E-state index in [4.69, 9.17) is 14.2 Å². The van der Waals surface area contributed by atoms with E-state index in [2.05, 4.69) is 16.0 Å². The van der Waals surface area contributed by atoms with Gasteiger partial charge in [0.1, 0.15) is 17.2 Å². The van der Waals surface area contributed by atoms with Gasteiger partial charge in [-0.3, -0.25) is 19.7 Å². The monoisotopic (exact) mass is 741 g/mol. The summed E-state index contributed by atoms with van der Waals surface area (Å²) in [6.07, 6.45) is 2.83. The Balaban J connectivity index is 1.42. The second-order valence-electron chi connectivity index (χ2n) is 17.3. The summed E-state index contributed by atoms with van der Waals surface area (Å²) in [6.45, 7) is 17.0. The average Bonchev–Trinajstić information content (AvgIpc) is 3.32. The Kier molecular flexibility index (Phi) is 13.1. The van der Waals surface area contributed by atoms with Crippen molar-refractivity contribution in [2.24, 2.45) is 11.8 Å². The number of unbranched alkanes of at least 4 members (excludes halogenated alkanes) is 1. The van der Waals surface area contributed by atoms with Crippen LogP contribution in [0, 0.1) is 11.8 Å². The largest absolute Gasteiger partial charge is 0.449 e. The molecule has 2 aliphatic heterocycles. The second-order valence-corrected chi connectivity index (χ2v) is 17.3. The number of nitrogens with zero attached hydrogens (tertiary/aromatic N) is 2. The second kappa shape index (κ2) is 16.8. The molecule has 14 nitrogen and oxygen atoms in total. The van der Waals surface area contributed by atoms with E-state index < -0.39 is 47.0 Å². The van der Waals surface area contributed by atoms with Crippen molar-refractivity contribution in [3.63, 3.8) is 0 Å². The zero-order valence-electron chi connectivity index (χ0n) is 32.9. The highest BCUT2D eigenvalue weighted by Crippen LogP contribution is 2.49. The molecule has 1 saturated heterocycles. The number of benzene rings is 1. The Morgan fingerprint density at radius 3 is 2.13 bits per heavy atom. The number of rotatable bonds is 10. The lowest BCUT2D eigenvalue weighted by molar-refractivity contribution is -0.137. The van der Waals surface area contributed by atoms with Crippen LogP contribution in [0.1, 0.15) is 136 Å². The SMILES string of the molecule is CC(C)(C)OC(=O)NCC1CCC([C@H]2c3c(NCCCCOC(=O)N(C(=O)OC(C)(C)C)C(C)(C)C)cccc3C(=O)N2[C@H]2CCC(=O)NC2=O)CC1. The molecule has 3 N–H and O–H groups in total. The lowest BCUT2D eigenvalue weighted by Crippen LogP contribution is -2.54. The number of nitrogens with one attached hydrogen (secondary N) is 3. The molecule has 2 fully saturated rings. The molecule has 2 atom stereocenters. The van der Waals surface area contributed by atoms with Crippen molar-refractivity contribution in [2.45, 2.75) is 143 Å². The van der Waals surface area contributed by atoms with Gasteiger partial charge in [-0.1, -0.05) is 6.07 Å². The van der Waals surface area contributed by atoms with Gasteiger partial charge >= 0.3 is 18.3 Å². The van der Waals surface area contributed by atoms with E-state index in [1.54, 1.807) is 52.5 Å². The molecule has 0 unspecified atom stereocenters. The van der Waals surface area contributed by atoms with E-state index in [0.29, 0.717) is 31.5 Å². The summed E-state index contributed by atoms with van der Waals surface area (Å²) in [5, 5.41) is 8.82. The Morgan fingerprint density at radius 2 is 1.53 bits per heavy atom. The number of alkyl carbamates (subject to hydrolysis) is 1. The molecule has 0 aromatic heterocycles. The highest BCUT2D eigenvalue weighted by Gasteiger charge is 2.49. The number of hydrogen-bond donors (Lipinski definition) is 3. The van der Waals surface area contributed by atoms with Gasteiger partial charge in [-0.15, -0.1) is 0 Å². The Hall–Kier alpha value is -4.36. The first-order valence-corrected chi connectivity index (χ1v) is 18.9. The van der Waals surface area contributed by atoms with Crippen molar-refractivity contribution in [3.8, 4) is 0 Å². The third-order valence-electron chi connectivity index (χ3n) is 9.53. The van der Waals surface area contributed by atoms with Crippen molar-refractivity contribution >= 4 is 41.7 Å². The fraction of sp³-hybridized carbons (Fsp3) is 0.692.